The maximum Gasteiger partial charge on any atom is 0.135 e. The van der Waals surface area contributed by atoms with E-state index < -0.39 is 0 Å². The highest BCUT2D eigenvalue weighted by Crippen LogP contribution is 2.21. The molecular weight excluding hydrogens is 260 g/mol. The molecule has 4 heteroatoms. The van der Waals surface area contributed by atoms with Gasteiger partial charge in [0.1, 0.15) is 17.5 Å². The Hall–Kier alpha value is -2.10. The second kappa shape index (κ2) is 7.07. The molecule has 0 aliphatic heterocycles. The molecule has 2 rings (SSSR count). The molecule has 0 spiro atoms. The van der Waals surface area contributed by atoms with E-state index >= 15 is 0 Å². The third-order valence-corrected chi connectivity index (χ3v) is 3.40. The summed E-state index contributed by atoms with van der Waals surface area (Å²) in [6.45, 7) is 9.94. The average Bonchev–Trinajstić information content (AvgIpc) is 2.48. The van der Waals surface area contributed by atoms with Crippen LogP contribution in [0.2, 0.25) is 0 Å². The topological polar surface area (TPSA) is 49.8 Å². The third-order valence-electron chi connectivity index (χ3n) is 3.40. The predicted molar refractivity (Wildman–Crippen MR) is 88.8 cm³/mol. The molecule has 0 bridgehead atoms. The quantitative estimate of drug-likeness (QED) is 0.849. The molecule has 0 radical (unpaired) electrons. The zero-order chi connectivity index (χ0) is 15.2. The van der Waals surface area contributed by atoms with Gasteiger partial charge in [-0.05, 0) is 26.3 Å². The van der Waals surface area contributed by atoms with Crippen LogP contribution in [0.3, 0.4) is 0 Å². The molecule has 112 valence electrons. The lowest BCUT2D eigenvalue weighted by Crippen LogP contribution is -2.11. The summed E-state index contributed by atoms with van der Waals surface area (Å²) >= 11 is 0. The van der Waals surface area contributed by atoms with Gasteiger partial charge in [-0.15, -0.1) is 0 Å². The van der Waals surface area contributed by atoms with Gasteiger partial charge >= 0.3 is 0 Å². The maximum absolute atomic E-state index is 4.61. The van der Waals surface area contributed by atoms with E-state index in [1.807, 2.05) is 0 Å². The molecule has 0 saturated heterocycles. The number of nitrogens with zero attached hydrogens (tertiary/aromatic N) is 2. The van der Waals surface area contributed by atoms with E-state index in [1.165, 1.54) is 11.1 Å². The molecule has 21 heavy (non-hydrogen) atoms. The van der Waals surface area contributed by atoms with Crippen molar-refractivity contribution in [3.05, 3.63) is 46.8 Å². The predicted octanol–water partition coefficient (Wildman–Crippen LogP) is 3.70. The molecule has 0 unspecified atom stereocenters. The van der Waals surface area contributed by atoms with Crippen LogP contribution < -0.4 is 10.6 Å². The summed E-state index contributed by atoms with van der Waals surface area (Å²) in [5.74, 6) is 2.71. The summed E-state index contributed by atoms with van der Waals surface area (Å²) < 4.78 is 0. The molecule has 0 fully saturated rings. The van der Waals surface area contributed by atoms with E-state index in [0.29, 0.717) is 0 Å². The standard InChI is InChI=1S/C17H24N4/c1-5-15-20-16(18-6-2)13(4)17(21-15)19-11-14-9-7-8-12(3)10-14/h7-10H,5-6,11H2,1-4H3,(H2,18,19,20,21). The van der Waals surface area contributed by atoms with Crippen molar-refractivity contribution in [1.29, 1.82) is 0 Å². The highest BCUT2D eigenvalue weighted by atomic mass is 15.1. The lowest BCUT2D eigenvalue weighted by Gasteiger charge is -2.14. The Morgan fingerprint density at radius 1 is 1.00 bits per heavy atom. The van der Waals surface area contributed by atoms with E-state index in [9.17, 15) is 0 Å². The van der Waals surface area contributed by atoms with Crippen molar-refractivity contribution in [3.63, 3.8) is 0 Å². The van der Waals surface area contributed by atoms with Crippen LogP contribution >= 0.6 is 0 Å². The number of hydrogen-bond acceptors (Lipinski definition) is 4. The number of aryl methyl sites for hydroxylation is 2. The van der Waals surface area contributed by atoms with Gasteiger partial charge in [-0.1, -0.05) is 36.8 Å². The fourth-order valence-electron chi connectivity index (χ4n) is 2.24. The number of hydrogen-bond donors (Lipinski definition) is 2. The molecule has 0 saturated carbocycles. The van der Waals surface area contributed by atoms with Gasteiger partial charge in [0.2, 0.25) is 0 Å². The summed E-state index contributed by atoms with van der Waals surface area (Å²) in [6.07, 6.45) is 0.831. The normalized spacial score (nSPS) is 10.5. The molecule has 4 nitrogen and oxygen atoms in total. The number of aromatic nitrogens is 2. The largest absolute Gasteiger partial charge is 0.370 e. The summed E-state index contributed by atoms with van der Waals surface area (Å²) in [6, 6.07) is 8.51. The summed E-state index contributed by atoms with van der Waals surface area (Å²) in [7, 11) is 0. The van der Waals surface area contributed by atoms with Crippen molar-refractivity contribution >= 4 is 11.6 Å². The van der Waals surface area contributed by atoms with Crippen LogP contribution in [0.4, 0.5) is 11.6 Å². The number of rotatable bonds is 6. The maximum atomic E-state index is 4.61. The van der Waals surface area contributed by atoms with Gasteiger partial charge in [-0.25, -0.2) is 9.97 Å². The number of anilines is 2. The highest BCUT2D eigenvalue weighted by Gasteiger charge is 2.09. The second-order valence-electron chi connectivity index (χ2n) is 5.19. The summed E-state index contributed by atoms with van der Waals surface area (Å²) in [5.41, 5.74) is 3.61. The van der Waals surface area contributed by atoms with Gasteiger partial charge in [-0.2, -0.15) is 0 Å². The SMILES string of the molecule is CCNc1nc(CC)nc(NCc2cccc(C)c2)c1C. The molecule has 0 aliphatic carbocycles. The first-order valence-corrected chi connectivity index (χ1v) is 7.54. The minimum absolute atomic E-state index is 0.772. The van der Waals surface area contributed by atoms with Crippen LogP contribution in [-0.4, -0.2) is 16.5 Å². The van der Waals surface area contributed by atoms with E-state index in [0.717, 1.165) is 42.5 Å². The van der Waals surface area contributed by atoms with Crippen LogP contribution in [0.15, 0.2) is 24.3 Å². The second-order valence-corrected chi connectivity index (χ2v) is 5.19. The molecular formula is C17H24N4. The zero-order valence-electron chi connectivity index (χ0n) is 13.3. The molecule has 1 aromatic carbocycles. The van der Waals surface area contributed by atoms with Gasteiger partial charge < -0.3 is 10.6 Å². The number of nitrogens with one attached hydrogen (secondary N) is 2. The van der Waals surface area contributed by atoms with Gasteiger partial charge in [0.25, 0.3) is 0 Å². The van der Waals surface area contributed by atoms with Gasteiger partial charge in [0.15, 0.2) is 0 Å². The Balaban J connectivity index is 2.20. The first-order valence-electron chi connectivity index (χ1n) is 7.54. The van der Waals surface area contributed by atoms with E-state index in [4.69, 9.17) is 0 Å². The van der Waals surface area contributed by atoms with Gasteiger partial charge in [-0.3, -0.25) is 0 Å². The molecule has 2 aromatic rings. The van der Waals surface area contributed by atoms with Crippen molar-refractivity contribution in [2.75, 3.05) is 17.2 Å². The fraction of sp³-hybridized carbons (Fsp3) is 0.412. The first kappa shape index (κ1) is 15.3. The van der Waals surface area contributed by atoms with Crippen molar-refractivity contribution < 1.29 is 0 Å². The van der Waals surface area contributed by atoms with E-state index in [2.05, 4.69) is 72.6 Å². The van der Waals surface area contributed by atoms with Crippen molar-refractivity contribution in [2.45, 2.75) is 40.7 Å². The van der Waals surface area contributed by atoms with Crippen LogP contribution in [0.25, 0.3) is 0 Å². The molecule has 1 heterocycles. The minimum atomic E-state index is 0.772. The van der Waals surface area contributed by atoms with E-state index in [-0.39, 0.29) is 0 Å². The third kappa shape index (κ3) is 3.94. The molecule has 0 amide bonds. The summed E-state index contributed by atoms with van der Waals surface area (Å²) in [5, 5.41) is 6.75. The van der Waals surface area contributed by atoms with Crippen LogP contribution in [0.5, 0.6) is 0 Å². The minimum Gasteiger partial charge on any atom is -0.370 e. The lowest BCUT2D eigenvalue weighted by molar-refractivity contribution is 0.919. The molecule has 0 atom stereocenters. The molecule has 0 aliphatic rings. The Morgan fingerprint density at radius 2 is 1.71 bits per heavy atom. The van der Waals surface area contributed by atoms with Crippen molar-refractivity contribution in [3.8, 4) is 0 Å². The van der Waals surface area contributed by atoms with Crippen LogP contribution in [0, 0.1) is 13.8 Å². The lowest BCUT2D eigenvalue weighted by atomic mass is 10.1. The monoisotopic (exact) mass is 284 g/mol. The molecule has 2 N–H and O–H groups in total. The van der Waals surface area contributed by atoms with Crippen LogP contribution in [0.1, 0.15) is 36.4 Å². The van der Waals surface area contributed by atoms with Crippen molar-refractivity contribution in [1.82, 2.24) is 9.97 Å². The Kier molecular flexibility index (Phi) is 5.14. The van der Waals surface area contributed by atoms with Crippen molar-refractivity contribution in [2.24, 2.45) is 0 Å². The van der Waals surface area contributed by atoms with Gasteiger partial charge in [0, 0.05) is 25.1 Å². The smallest absolute Gasteiger partial charge is 0.135 e. The van der Waals surface area contributed by atoms with Crippen LogP contribution in [-0.2, 0) is 13.0 Å². The highest BCUT2D eigenvalue weighted by molar-refractivity contribution is 5.57. The number of benzene rings is 1. The average molecular weight is 284 g/mol. The zero-order valence-corrected chi connectivity index (χ0v) is 13.3. The van der Waals surface area contributed by atoms with Gasteiger partial charge in [0.05, 0.1) is 0 Å². The Morgan fingerprint density at radius 3 is 2.33 bits per heavy atom. The van der Waals surface area contributed by atoms with E-state index in [1.54, 1.807) is 0 Å². The Labute approximate surface area is 127 Å². The Bertz CT molecular complexity index is 608. The fourth-order valence-corrected chi connectivity index (χ4v) is 2.24. The summed E-state index contributed by atoms with van der Waals surface area (Å²) in [4.78, 5) is 9.16. The first-order chi connectivity index (χ1) is 10.1. The molecule has 1 aromatic heterocycles.